The Balaban J connectivity index is 2.15. The minimum Gasteiger partial charge on any atom is -0.298 e. The van der Waals surface area contributed by atoms with Crippen molar-refractivity contribution in [3.05, 3.63) is 0 Å². The second kappa shape index (κ2) is 2.06. The minimum absolute atomic E-state index is 0.545. The molecule has 2 heterocycles. The van der Waals surface area contributed by atoms with E-state index in [2.05, 4.69) is 23.7 Å². The topological polar surface area (TPSA) is 15.6 Å². The first-order valence-corrected chi connectivity index (χ1v) is 4.00. The lowest BCUT2D eigenvalue weighted by Crippen LogP contribution is -2.27. The van der Waals surface area contributed by atoms with Crippen molar-refractivity contribution in [2.24, 2.45) is 4.99 Å². The fourth-order valence-corrected chi connectivity index (χ4v) is 2.42. The van der Waals surface area contributed by atoms with E-state index in [4.69, 9.17) is 0 Å². The number of likely N-dealkylation sites (N-methyl/N-ethyl adjacent to an activating group) is 1. The van der Waals surface area contributed by atoms with Gasteiger partial charge in [0.05, 0.1) is 6.04 Å². The lowest BCUT2D eigenvalue weighted by Gasteiger charge is -2.16. The molecular weight excluding hydrogens is 124 g/mol. The van der Waals surface area contributed by atoms with Crippen molar-refractivity contribution >= 4 is 6.72 Å². The van der Waals surface area contributed by atoms with Crippen LogP contribution in [0.15, 0.2) is 4.99 Å². The van der Waals surface area contributed by atoms with E-state index in [1.54, 1.807) is 0 Å². The van der Waals surface area contributed by atoms with Crippen molar-refractivity contribution in [2.75, 3.05) is 7.05 Å². The van der Waals surface area contributed by atoms with Crippen molar-refractivity contribution in [3.63, 3.8) is 0 Å². The van der Waals surface area contributed by atoms with Gasteiger partial charge >= 0.3 is 0 Å². The number of rotatable bonds is 1. The van der Waals surface area contributed by atoms with Crippen LogP contribution in [0.4, 0.5) is 0 Å². The van der Waals surface area contributed by atoms with Gasteiger partial charge in [-0.05, 0) is 33.0 Å². The summed E-state index contributed by atoms with van der Waals surface area (Å²) in [4.78, 5) is 6.60. The molecule has 0 N–H and O–H groups in total. The third kappa shape index (κ3) is 0.655. The van der Waals surface area contributed by atoms with Crippen molar-refractivity contribution in [1.29, 1.82) is 0 Å². The van der Waals surface area contributed by atoms with E-state index < -0.39 is 0 Å². The molecule has 0 unspecified atom stereocenters. The van der Waals surface area contributed by atoms with Crippen LogP contribution in [0.1, 0.15) is 19.3 Å². The maximum absolute atomic E-state index is 4.13. The van der Waals surface area contributed by atoms with Gasteiger partial charge in [0.15, 0.2) is 0 Å². The van der Waals surface area contributed by atoms with Gasteiger partial charge in [-0.15, -0.1) is 0 Å². The lowest BCUT2D eigenvalue weighted by molar-refractivity contribution is 0.308. The maximum Gasteiger partial charge on any atom is 0.0662 e. The highest BCUT2D eigenvalue weighted by Gasteiger charge is 2.43. The van der Waals surface area contributed by atoms with Crippen LogP contribution in [0.5, 0.6) is 0 Å². The van der Waals surface area contributed by atoms with Crippen molar-refractivity contribution < 1.29 is 0 Å². The molecule has 0 spiro atoms. The van der Waals surface area contributed by atoms with Crippen molar-refractivity contribution in [1.82, 2.24) is 4.90 Å². The highest BCUT2D eigenvalue weighted by molar-refractivity contribution is 5.25. The predicted octanol–water partition coefficient (Wildman–Crippen LogP) is 0.922. The molecular formula is C8H14N2. The Labute approximate surface area is 61.9 Å². The quantitative estimate of drug-likeness (QED) is 0.492. The zero-order valence-electron chi connectivity index (χ0n) is 6.45. The SMILES string of the molecule is C=N[C@@H]1C[C@@H]2CC[C@H]1N2C. The summed E-state index contributed by atoms with van der Waals surface area (Å²) in [7, 11) is 2.22. The average Bonchev–Trinajstić information content (AvgIpc) is 2.46. The van der Waals surface area contributed by atoms with E-state index in [0.717, 1.165) is 12.1 Å². The second-order valence-electron chi connectivity index (χ2n) is 3.45. The van der Waals surface area contributed by atoms with Gasteiger partial charge in [-0.3, -0.25) is 9.89 Å². The number of hydrogen-bond acceptors (Lipinski definition) is 2. The molecule has 56 valence electrons. The Bertz CT molecular complexity index is 155. The van der Waals surface area contributed by atoms with E-state index in [1.165, 1.54) is 19.3 Å². The molecule has 3 atom stereocenters. The first-order chi connectivity index (χ1) is 4.83. The van der Waals surface area contributed by atoms with Crippen LogP contribution in [0, 0.1) is 0 Å². The molecule has 2 fully saturated rings. The molecule has 10 heavy (non-hydrogen) atoms. The highest BCUT2D eigenvalue weighted by atomic mass is 15.2. The van der Waals surface area contributed by atoms with E-state index in [-0.39, 0.29) is 0 Å². The number of nitrogens with zero attached hydrogens (tertiary/aromatic N) is 2. The Morgan fingerprint density at radius 2 is 2.30 bits per heavy atom. The summed E-state index contributed by atoms with van der Waals surface area (Å²) in [5, 5.41) is 0. The molecule has 0 saturated carbocycles. The van der Waals surface area contributed by atoms with Gasteiger partial charge in [0, 0.05) is 12.1 Å². The van der Waals surface area contributed by atoms with Crippen LogP contribution in [-0.2, 0) is 0 Å². The highest BCUT2D eigenvalue weighted by Crippen LogP contribution is 2.37. The van der Waals surface area contributed by atoms with Gasteiger partial charge in [-0.1, -0.05) is 0 Å². The molecule has 0 aliphatic carbocycles. The van der Waals surface area contributed by atoms with Gasteiger partial charge in [0.25, 0.3) is 0 Å². The molecule has 0 radical (unpaired) electrons. The summed E-state index contributed by atoms with van der Waals surface area (Å²) in [6.45, 7) is 3.62. The Hall–Kier alpha value is -0.370. The predicted molar refractivity (Wildman–Crippen MR) is 42.5 cm³/mol. The summed E-state index contributed by atoms with van der Waals surface area (Å²) in [5.41, 5.74) is 0. The van der Waals surface area contributed by atoms with E-state index in [9.17, 15) is 0 Å². The summed E-state index contributed by atoms with van der Waals surface area (Å²) >= 11 is 0. The Morgan fingerprint density at radius 3 is 2.60 bits per heavy atom. The Kier molecular flexibility index (Phi) is 1.31. The zero-order valence-corrected chi connectivity index (χ0v) is 6.45. The van der Waals surface area contributed by atoms with Crippen LogP contribution in [0.2, 0.25) is 0 Å². The zero-order chi connectivity index (χ0) is 7.14. The minimum atomic E-state index is 0.545. The molecule has 2 aliphatic heterocycles. The molecule has 2 nitrogen and oxygen atoms in total. The molecule has 2 heteroatoms. The number of fused-ring (bicyclic) bond motifs is 2. The fourth-order valence-electron chi connectivity index (χ4n) is 2.42. The molecule has 0 aromatic carbocycles. The van der Waals surface area contributed by atoms with Gasteiger partial charge in [-0.2, -0.15) is 0 Å². The maximum atomic E-state index is 4.13. The van der Waals surface area contributed by atoms with Crippen molar-refractivity contribution in [2.45, 2.75) is 37.4 Å². The Morgan fingerprint density at radius 1 is 1.50 bits per heavy atom. The summed E-state index contributed by atoms with van der Waals surface area (Å²) in [6, 6.07) is 2.09. The molecule has 2 aliphatic rings. The molecule has 0 aromatic heterocycles. The molecule has 0 aromatic rings. The second-order valence-corrected chi connectivity index (χ2v) is 3.45. The number of aliphatic imine (C=N–C) groups is 1. The summed E-state index contributed by atoms with van der Waals surface area (Å²) in [6.07, 6.45) is 3.97. The van der Waals surface area contributed by atoms with Gasteiger partial charge in [0.1, 0.15) is 0 Å². The van der Waals surface area contributed by atoms with Crippen molar-refractivity contribution in [3.8, 4) is 0 Å². The van der Waals surface area contributed by atoms with E-state index >= 15 is 0 Å². The van der Waals surface area contributed by atoms with E-state index in [1.807, 2.05) is 0 Å². The number of hydrogen-bond donors (Lipinski definition) is 0. The van der Waals surface area contributed by atoms with Crippen LogP contribution in [0.25, 0.3) is 0 Å². The standard InChI is InChI=1S/C8H14N2/c1-9-7-5-6-3-4-8(7)10(6)2/h6-8H,1,3-5H2,2H3/t6-,7+,8+/m0/s1. The van der Waals surface area contributed by atoms with Crippen LogP contribution < -0.4 is 0 Å². The summed E-state index contributed by atoms with van der Waals surface area (Å²) < 4.78 is 0. The average molecular weight is 138 g/mol. The fraction of sp³-hybridized carbons (Fsp3) is 0.875. The van der Waals surface area contributed by atoms with Gasteiger partial charge in [0.2, 0.25) is 0 Å². The monoisotopic (exact) mass is 138 g/mol. The molecule has 0 amide bonds. The van der Waals surface area contributed by atoms with Crippen LogP contribution in [-0.4, -0.2) is 36.8 Å². The third-order valence-electron chi connectivity index (χ3n) is 3.09. The summed E-state index contributed by atoms with van der Waals surface area (Å²) in [5.74, 6) is 0. The van der Waals surface area contributed by atoms with Gasteiger partial charge in [-0.25, -0.2) is 0 Å². The van der Waals surface area contributed by atoms with Crippen LogP contribution in [0.3, 0.4) is 0 Å². The largest absolute Gasteiger partial charge is 0.298 e. The molecule has 2 bridgehead atoms. The van der Waals surface area contributed by atoms with Crippen LogP contribution >= 0.6 is 0 Å². The molecule has 2 saturated heterocycles. The first kappa shape index (κ1) is 6.35. The third-order valence-corrected chi connectivity index (χ3v) is 3.09. The lowest BCUT2D eigenvalue weighted by atomic mass is 9.96. The molecule has 2 rings (SSSR count). The smallest absolute Gasteiger partial charge is 0.0662 e. The first-order valence-electron chi connectivity index (χ1n) is 4.00. The van der Waals surface area contributed by atoms with Gasteiger partial charge < -0.3 is 0 Å². The van der Waals surface area contributed by atoms with E-state index in [0.29, 0.717) is 6.04 Å². The normalized spacial score (nSPS) is 46.3.